The van der Waals surface area contributed by atoms with Crippen LogP contribution in [0.25, 0.3) is 0 Å². The van der Waals surface area contributed by atoms with Crippen molar-refractivity contribution in [1.29, 1.82) is 0 Å². The van der Waals surface area contributed by atoms with E-state index in [0.717, 1.165) is 18.5 Å². The van der Waals surface area contributed by atoms with Gasteiger partial charge in [-0.2, -0.15) is 0 Å². The molecule has 0 saturated carbocycles. The molecule has 0 heterocycles. The zero-order valence-corrected chi connectivity index (χ0v) is 15.2. The van der Waals surface area contributed by atoms with Crippen molar-refractivity contribution in [3.63, 3.8) is 0 Å². The number of likely N-dealkylation sites (N-methyl/N-ethyl adjacent to an activating group) is 1. The van der Waals surface area contributed by atoms with Crippen LogP contribution in [0.1, 0.15) is 11.1 Å². The van der Waals surface area contributed by atoms with Crippen molar-refractivity contribution in [2.24, 2.45) is 4.99 Å². The van der Waals surface area contributed by atoms with E-state index >= 15 is 0 Å². The molecule has 5 heteroatoms. The Kier molecular flexibility index (Phi) is 7.41. The summed E-state index contributed by atoms with van der Waals surface area (Å²) < 4.78 is 13.2. The number of nitrogens with one attached hydrogen (secondary N) is 2. The van der Waals surface area contributed by atoms with E-state index in [2.05, 4.69) is 58.9 Å². The summed E-state index contributed by atoms with van der Waals surface area (Å²) in [5.41, 5.74) is 2.20. The second-order valence-electron chi connectivity index (χ2n) is 6.24. The normalized spacial score (nSPS) is 12.9. The number of hydrogen-bond acceptors (Lipinski definition) is 2. The minimum absolute atomic E-state index is 0.224. The van der Waals surface area contributed by atoms with Crippen molar-refractivity contribution < 1.29 is 4.39 Å². The van der Waals surface area contributed by atoms with Gasteiger partial charge in [0.05, 0.1) is 0 Å². The SMILES string of the molecule is CN=C(NCc1cccc(F)c1)NCC(Cc1ccccc1)N(C)C. The first-order valence-electron chi connectivity index (χ1n) is 8.48. The van der Waals surface area contributed by atoms with Crippen molar-refractivity contribution in [2.75, 3.05) is 27.7 Å². The van der Waals surface area contributed by atoms with Crippen LogP contribution in [0.2, 0.25) is 0 Å². The predicted molar refractivity (Wildman–Crippen MR) is 102 cm³/mol. The van der Waals surface area contributed by atoms with Crippen LogP contribution in [0, 0.1) is 5.82 Å². The molecule has 0 aliphatic carbocycles. The van der Waals surface area contributed by atoms with E-state index in [1.165, 1.54) is 17.7 Å². The highest BCUT2D eigenvalue weighted by Gasteiger charge is 2.13. The van der Waals surface area contributed by atoms with E-state index in [-0.39, 0.29) is 5.82 Å². The summed E-state index contributed by atoms with van der Waals surface area (Å²) >= 11 is 0. The van der Waals surface area contributed by atoms with Gasteiger partial charge in [0.15, 0.2) is 5.96 Å². The van der Waals surface area contributed by atoms with Crippen LogP contribution in [0.15, 0.2) is 59.6 Å². The lowest BCUT2D eigenvalue weighted by Gasteiger charge is -2.25. The molecule has 0 saturated heterocycles. The van der Waals surface area contributed by atoms with Gasteiger partial charge in [-0.05, 0) is 43.8 Å². The summed E-state index contributed by atoms with van der Waals surface area (Å²) in [7, 11) is 5.90. The van der Waals surface area contributed by atoms with Crippen molar-refractivity contribution in [3.8, 4) is 0 Å². The number of aliphatic imine (C=N–C) groups is 1. The molecule has 134 valence electrons. The molecule has 0 aliphatic rings. The largest absolute Gasteiger partial charge is 0.355 e. The number of hydrogen-bond donors (Lipinski definition) is 2. The Bertz CT molecular complexity index is 670. The van der Waals surface area contributed by atoms with Crippen LogP contribution >= 0.6 is 0 Å². The van der Waals surface area contributed by atoms with E-state index in [1.807, 2.05) is 12.1 Å². The highest BCUT2D eigenvalue weighted by Crippen LogP contribution is 2.06. The van der Waals surface area contributed by atoms with Gasteiger partial charge in [0.2, 0.25) is 0 Å². The maximum atomic E-state index is 13.2. The molecule has 0 aliphatic heterocycles. The van der Waals surface area contributed by atoms with Gasteiger partial charge >= 0.3 is 0 Å². The average Bonchev–Trinajstić information content (AvgIpc) is 2.61. The molecule has 0 aromatic heterocycles. The molecule has 2 aromatic rings. The van der Waals surface area contributed by atoms with Crippen LogP contribution in [0.4, 0.5) is 4.39 Å². The molecule has 0 spiro atoms. The number of nitrogens with zero attached hydrogens (tertiary/aromatic N) is 2. The fourth-order valence-electron chi connectivity index (χ4n) is 2.59. The fraction of sp³-hybridized carbons (Fsp3) is 0.350. The third kappa shape index (κ3) is 6.55. The smallest absolute Gasteiger partial charge is 0.191 e. The molecule has 0 amide bonds. The Morgan fingerprint density at radius 3 is 2.40 bits per heavy atom. The fourth-order valence-corrected chi connectivity index (χ4v) is 2.59. The topological polar surface area (TPSA) is 39.7 Å². The summed E-state index contributed by atoms with van der Waals surface area (Å²) in [6, 6.07) is 17.4. The van der Waals surface area contributed by atoms with Crippen molar-refractivity contribution in [2.45, 2.75) is 19.0 Å². The quantitative estimate of drug-likeness (QED) is 0.600. The molecule has 1 unspecified atom stereocenters. The third-order valence-corrected chi connectivity index (χ3v) is 4.12. The predicted octanol–water partition coefficient (Wildman–Crippen LogP) is 2.66. The molecule has 0 bridgehead atoms. The molecule has 0 radical (unpaired) electrons. The Balaban J connectivity index is 1.87. The molecule has 4 nitrogen and oxygen atoms in total. The summed E-state index contributed by atoms with van der Waals surface area (Å²) in [6.45, 7) is 1.30. The van der Waals surface area contributed by atoms with E-state index in [1.54, 1.807) is 13.1 Å². The zero-order chi connectivity index (χ0) is 18.1. The number of halogens is 1. The van der Waals surface area contributed by atoms with E-state index in [4.69, 9.17) is 0 Å². The van der Waals surface area contributed by atoms with Gasteiger partial charge in [-0.1, -0.05) is 42.5 Å². The van der Waals surface area contributed by atoms with Crippen LogP contribution in [-0.4, -0.2) is 44.6 Å². The van der Waals surface area contributed by atoms with Gasteiger partial charge in [0, 0.05) is 26.2 Å². The number of guanidine groups is 1. The lowest BCUT2D eigenvalue weighted by Crippen LogP contribution is -2.45. The molecule has 2 rings (SSSR count). The van der Waals surface area contributed by atoms with Gasteiger partial charge in [-0.25, -0.2) is 4.39 Å². The summed E-state index contributed by atoms with van der Waals surface area (Å²) in [6.07, 6.45) is 0.960. The number of rotatable bonds is 7. The Morgan fingerprint density at radius 2 is 1.76 bits per heavy atom. The van der Waals surface area contributed by atoms with Crippen LogP contribution in [-0.2, 0) is 13.0 Å². The van der Waals surface area contributed by atoms with Crippen molar-refractivity contribution in [1.82, 2.24) is 15.5 Å². The van der Waals surface area contributed by atoms with Crippen molar-refractivity contribution >= 4 is 5.96 Å². The first kappa shape index (κ1) is 18.9. The zero-order valence-electron chi connectivity index (χ0n) is 15.2. The molecular weight excluding hydrogens is 315 g/mol. The second kappa shape index (κ2) is 9.79. The van der Waals surface area contributed by atoms with E-state index in [9.17, 15) is 4.39 Å². The minimum Gasteiger partial charge on any atom is -0.355 e. The van der Waals surface area contributed by atoms with Crippen LogP contribution in [0.5, 0.6) is 0 Å². The molecule has 2 N–H and O–H groups in total. The molecular formula is C20H27FN4. The maximum absolute atomic E-state index is 13.2. The first-order valence-corrected chi connectivity index (χ1v) is 8.48. The highest BCUT2D eigenvalue weighted by molar-refractivity contribution is 5.79. The minimum atomic E-state index is -0.224. The van der Waals surface area contributed by atoms with Crippen LogP contribution in [0.3, 0.4) is 0 Å². The molecule has 0 fully saturated rings. The Labute approximate surface area is 149 Å². The van der Waals surface area contributed by atoms with Crippen LogP contribution < -0.4 is 10.6 Å². The monoisotopic (exact) mass is 342 g/mol. The molecule has 2 aromatic carbocycles. The number of benzene rings is 2. The van der Waals surface area contributed by atoms with E-state index in [0.29, 0.717) is 18.5 Å². The van der Waals surface area contributed by atoms with Gasteiger partial charge in [-0.15, -0.1) is 0 Å². The van der Waals surface area contributed by atoms with Gasteiger partial charge < -0.3 is 15.5 Å². The van der Waals surface area contributed by atoms with E-state index < -0.39 is 0 Å². The summed E-state index contributed by atoms with van der Waals surface area (Å²) in [5.74, 6) is 0.488. The standard InChI is InChI=1S/C20H27FN4/c1-22-20(23-14-17-10-7-11-18(21)12-17)24-15-19(25(2)3)13-16-8-5-4-6-9-16/h4-12,19H,13-15H2,1-3H3,(H2,22,23,24). The van der Waals surface area contributed by atoms with Crippen molar-refractivity contribution in [3.05, 3.63) is 71.5 Å². The van der Waals surface area contributed by atoms with Gasteiger partial charge in [0.1, 0.15) is 5.82 Å². The molecule has 25 heavy (non-hydrogen) atoms. The highest BCUT2D eigenvalue weighted by atomic mass is 19.1. The van der Waals surface area contributed by atoms with Gasteiger partial charge in [0.25, 0.3) is 0 Å². The molecule has 1 atom stereocenters. The summed E-state index contributed by atoms with van der Waals surface area (Å²) in [5, 5.41) is 6.58. The summed E-state index contributed by atoms with van der Waals surface area (Å²) in [4.78, 5) is 6.45. The Morgan fingerprint density at radius 1 is 1.04 bits per heavy atom. The second-order valence-corrected chi connectivity index (χ2v) is 6.24. The third-order valence-electron chi connectivity index (χ3n) is 4.12. The lowest BCUT2D eigenvalue weighted by molar-refractivity contribution is 0.290. The van der Waals surface area contributed by atoms with Gasteiger partial charge in [-0.3, -0.25) is 4.99 Å². The Hall–Kier alpha value is -2.40. The average molecular weight is 342 g/mol. The maximum Gasteiger partial charge on any atom is 0.191 e. The first-order chi connectivity index (χ1) is 12.1. The lowest BCUT2D eigenvalue weighted by atomic mass is 10.1.